The van der Waals surface area contributed by atoms with Crippen molar-refractivity contribution in [1.82, 2.24) is 16.0 Å². The first-order valence-corrected chi connectivity index (χ1v) is 8.40. The van der Waals surface area contributed by atoms with Gasteiger partial charge in [-0.15, -0.1) is 0 Å². The first-order chi connectivity index (χ1) is 9.94. The number of amides is 1. The highest BCUT2D eigenvalue weighted by atomic mass is 16.6. The predicted molar refractivity (Wildman–Crippen MR) is 84.4 cm³/mol. The minimum atomic E-state index is -0.436. The molecule has 3 atom stereocenters. The zero-order chi connectivity index (χ0) is 15.3. The van der Waals surface area contributed by atoms with Crippen molar-refractivity contribution in [1.29, 1.82) is 0 Å². The normalized spacial score (nSPS) is 30.7. The molecule has 1 aliphatic carbocycles. The third kappa shape index (κ3) is 5.83. The summed E-state index contributed by atoms with van der Waals surface area (Å²) < 4.78 is 5.39. The summed E-state index contributed by atoms with van der Waals surface area (Å²) in [6.07, 6.45) is 6.76. The number of carbonyl (C=O) groups excluding carboxylic acids is 1. The standard InChI is InChI=1S/C16H31N3O2/c1-16(2,3)21-15(20)19-14-9-5-4-8-13(14)18-12-7-6-10-17-11-12/h12-14,17-18H,4-11H2,1-3H3,(H,19,20)/t12?,13-,14-/m1/s1. The molecule has 1 aliphatic heterocycles. The second-order valence-corrected chi connectivity index (χ2v) is 7.35. The first kappa shape index (κ1) is 16.6. The number of rotatable bonds is 3. The minimum Gasteiger partial charge on any atom is -0.444 e. The van der Waals surface area contributed by atoms with Crippen molar-refractivity contribution >= 4 is 6.09 Å². The van der Waals surface area contributed by atoms with Gasteiger partial charge in [0.1, 0.15) is 5.60 Å². The third-order valence-corrected chi connectivity index (χ3v) is 4.21. The van der Waals surface area contributed by atoms with Gasteiger partial charge >= 0.3 is 6.09 Å². The fourth-order valence-corrected chi connectivity index (χ4v) is 3.26. The SMILES string of the molecule is CC(C)(C)OC(=O)N[C@@H]1CCCC[C@H]1NC1CCCNC1. The highest BCUT2D eigenvalue weighted by Gasteiger charge is 2.30. The van der Waals surface area contributed by atoms with Crippen molar-refractivity contribution in [2.75, 3.05) is 13.1 Å². The van der Waals surface area contributed by atoms with Gasteiger partial charge in [0.15, 0.2) is 0 Å². The summed E-state index contributed by atoms with van der Waals surface area (Å²) in [5.74, 6) is 0. The van der Waals surface area contributed by atoms with Crippen LogP contribution in [0.25, 0.3) is 0 Å². The molecule has 5 nitrogen and oxygen atoms in total. The molecule has 1 saturated carbocycles. The smallest absolute Gasteiger partial charge is 0.407 e. The van der Waals surface area contributed by atoms with Crippen molar-refractivity contribution in [3.8, 4) is 0 Å². The van der Waals surface area contributed by atoms with Gasteiger partial charge in [-0.25, -0.2) is 4.79 Å². The summed E-state index contributed by atoms with van der Waals surface area (Å²) in [6, 6.07) is 1.09. The lowest BCUT2D eigenvalue weighted by Gasteiger charge is -2.37. The van der Waals surface area contributed by atoms with Gasteiger partial charge in [0, 0.05) is 24.7 Å². The lowest BCUT2D eigenvalue weighted by molar-refractivity contribution is 0.0476. The second-order valence-electron chi connectivity index (χ2n) is 7.35. The molecule has 1 amide bonds. The summed E-state index contributed by atoms with van der Waals surface area (Å²) in [6.45, 7) is 7.86. The molecule has 0 bridgehead atoms. The number of ether oxygens (including phenoxy) is 1. The molecule has 2 fully saturated rings. The Bertz CT molecular complexity index is 335. The molecule has 0 radical (unpaired) electrons. The summed E-state index contributed by atoms with van der Waals surface area (Å²) in [7, 11) is 0. The Hall–Kier alpha value is -0.810. The van der Waals surface area contributed by atoms with Crippen LogP contribution >= 0.6 is 0 Å². The highest BCUT2D eigenvalue weighted by molar-refractivity contribution is 5.68. The number of hydrogen-bond donors (Lipinski definition) is 3. The van der Waals surface area contributed by atoms with Crippen LogP contribution < -0.4 is 16.0 Å². The van der Waals surface area contributed by atoms with Gasteiger partial charge in [0.25, 0.3) is 0 Å². The summed E-state index contributed by atoms with van der Waals surface area (Å²) >= 11 is 0. The molecule has 3 N–H and O–H groups in total. The second kappa shape index (κ2) is 7.45. The summed E-state index contributed by atoms with van der Waals surface area (Å²) in [5, 5.41) is 10.3. The van der Waals surface area contributed by atoms with Crippen LogP contribution in [0.1, 0.15) is 59.3 Å². The molecule has 0 aromatic rings. The molecule has 1 saturated heterocycles. The van der Waals surface area contributed by atoms with Gasteiger partial charge in [-0.1, -0.05) is 12.8 Å². The van der Waals surface area contributed by atoms with E-state index < -0.39 is 5.60 Å². The van der Waals surface area contributed by atoms with E-state index in [-0.39, 0.29) is 12.1 Å². The van der Waals surface area contributed by atoms with E-state index >= 15 is 0 Å². The molecular weight excluding hydrogens is 266 g/mol. The summed E-state index contributed by atoms with van der Waals surface area (Å²) in [5.41, 5.74) is -0.436. The van der Waals surface area contributed by atoms with Crippen molar-refractivity contribution in [2.24, 2.45) is 0 Å². The third-order valence-electron chi connectivity index (χ3n) is 4.21. The highest BCUT2D eigenvalue weighted by Crippen LogP contribution is 2.20. The fourth-order valence-electron chi connectivity index (χ4n) is 3.26. The van der Waals surface area contributed by atoms with E-state index in [9.17, 15) is 4.79 Å². The molecule has 2 rings (SSSR count). The Morgan fingerprint density at radius 2 is 1.81 bits per heavy atom. The van der Waals surface area contributed by atoms with Crippen molar-refractivity contribution < 1.29 is 9.53 Å². The Balaban J connectivity index is 1.84. The number of alkyl carbamates (subject to hydrolysis) is 1. The number of nitrogens with one attached hydrogen (secondary N) is 3. The van der Waals surface area contributed by atoms with Crippen LogP contribution in [0.4, 0.5) is 4.79 Å². The Morgan fingerprint density at radius 3 is 2.43 bits per heavy atom. The van der Waals surface area contributed by atoms with E-state index in [0.717, 1.165) is 25.9 Å². The first-order valence-electron chi connectivity index (χ1n) is 8.40. The molecule has 1 unspecified atom stereocenters. The lowest BCUT2D eigenvalue weighted by Crippen LogP contribution is -2.57. The molecule has 0 spiro atoms. The van der Waals surface area contributed by atoms with E-state index in [2.05, 4.69) is 16.0 Å². The average molecular weight is 297 g/mol. The molecular formula is C16H31N3O2. The van der Waals surface area contributed by atoms with Crippen LogP contribution in [0.15, 0.2) is 0 Å². The van der Waals surface area contributed by atoms with E-state index in [1.807, 2.05) is 20.8 Å². The van der Waals surface area contributed by atoms with E-state index in [1.165, 1.54) is 25.7 Å². The van der Waals surface area contributed by atoms with Crippen LogP contribution in [0.3, 0.4) is 0 Å². The number of carbonyl (C=O) groups is 1. The van der Waals surface area contributed by atoms with Crippen molar-refractivity contribution in [2.45, 2.75) is 83.0 Å². The molecule has 0 aromatic carbocycles. The van der Waals surface area contributed by atoms with Crippen LogP contribution in [0, 0.1) is 0 Å². The quantitative estimate of drug-likeness (QED) is 0.747. The summed E-state index contributed by atoms with van der Waals surface area (Å²) in [4.78, 5) is 12.0. The van der Waals surface area contributed by atoms with Gasteiger partial charge in [0.2, 0.25) is 0 Å². The van der Waals surface area contributed by atoms with Crippen molar-refractivity contribution in [3.05, 3.63) is 0 Å². The van der Waals surface area contributed by atoms with Gasteiger partial charge in [0.05, 0.1) is 0 Å². The lowest BCUT2D eigenvalue weighted by atomic mass is 9.89. The van der Waals surface area contributed by atoms with E-state index in [1.54, 1.807) is 0 Å². The molecule has 2 aliphatic rings. The largest absolute Gasteiger partial charge is 0.444 e. The fraction of sp³-hybridized carbons (Fsp3) is 0.938. The van der Waals surface area contributed by atoms with Gasteiger partial charge in [-0.3, -0.25) is 0 Å². The van der Waals surface area contributed by atoms with Crippen LogP contribution in [0.5, 0.6) is 0 Å². The Kier molecular flexibility index (Phi) is 5.88. The minimum absolute atomic E-state index is 0.190. The molecule has 122 valence electrons. The number of hydrogen-bond acceptors (Lipinski definition) is 4. The average Bonchev–Trinajstić information content (AvgIpc) is 2.40. The Morgan fingerprint density at radius 1 is 1.10 bits per heavy atom. The van der Waals surface area contributed by atoms with Crippen LogP contribution in [-0.2, 0) is 4.74 Å². The van der Waals surface area contributed by atoms with Gasteiger partial charge in [-0.05, 0) is 53.0 Å². The predicted octanol–water partition coefficient (Wildman–Crippen LogP) is 2.16. The molecule has 1 heterocycles. The Labute approximate surface area is 128 Å². The monoisotopic (exact) mass is 297 g/mol. The molecule has 5 heteroatoms. The maximum Gasteiger partial charge on any atom is 0.407 e. The maximum atomic E-state index is 12.0. The zero-order valence-corrected chi connectivity index (χ0v) is 13.7. The topological polar surface area (TPSA) is 62.4 Å². The van der Waals surface area contributed by atoms with Crippen molar-refractivity contribution in [3.63, 3.8) is 0 Å². The maximum absolute atomic E-state index is 12.0. The van der Waals surface area contributed by atoms with E-state index in [0.29, 0.717) is 12.1 Å². The number of piperidine rings is 1. The van der Waals surface area contributed by atoms with Crippen LogP contribution in [0.2, 0.25) is 0 Å². The molecule has 21 heavy (non-hydrogen) atoms. The van der Waals surface area contributed by atoms with Gasteiger partial charge < -0.3 is 20.7 Å². The molecule has 0 aromatic heterocycles. The van der Waals surface area contributed by atoms with E-state index in [4.69, 9.17) is 4.74 Å². The van der Waals surface area contributed by atoms with Crippen LogP contribution in [-0.4, -0.2) is 42.9 Å². The van der Waals surface area contributed by atoms with Gasteiger partial charge in [-0.2, -0.15) is 0 Å². The zero-order valence-electron chi connectivity index (χ0n) is 13.7.